The largest absolute Gasteiger partial charge is 0.322 e. The molecule has 3 nitrogen and oxygen atoms in total. The standard InChI is InChI=1S/C20H25N3/c1-4-15(3)19(21)20-22-17-10-5-6-11-18(17)23(20)13-16-9-7-8-14(2)12-16/h5-12,15,19H,4,13,21H2,1-3H3/t15?,19-/m0/s1. The summed E-state index contributed by atoms with van der Waals surface area (Å²) in [5.41, 5.74) is 11.3. The van der Waals surface area contributed by atoms with Crippen LogP contribution >= 0.6 is 0 Å². The molecule has 23 heavy (non-hydrogen) atoms. The Labute approximate surface area is 138 Å². The predicted molar refractivity (Wildman–Crippen MR) is 96.4 cm³/mol. The summed E-state index contributed by atoms with van der Waals surface area (Å²) >= 11 is 0. The van der Waals surface area contributed by atoms with Crippen molar-refractivity contribution in [2.75, 3.05) is 0 Å². The number of nitrogens with two attached hydrogens (primary N) is 1. The second kappa shape index (κ2) is 6.55. The highest BCUT2D eigenvalue weighted by Crippen LogP contribution is 2.26. The van der Waals surface area contributed by atoms with E-state index in [1.807, 2.05) is 6.07 Å². The van der Waals surface area contributed by atoms with Crippen molar-refractivity contribution in [3.63, 3.8) is 0 Å². The lowest BCUT2D eigenvalue weighted by Gasteiger charge is -2.20. The van der Waals surface area contributed by atoms with Gasteiger partial charge in [-0.25, -0.2) is 4.98 Å². The van der Waals surface area contributed by atoms with E-state index >= 15 is 0 Å². The van der Waals surface area contributed by atoms with Gasteiger partial charge in [0.2, 0.25) is 0 Å². The molecule has 0 aliphatic rings. The van der Waals surface area contributed by atoms with Crippen molar-refractivity contribution < 1.29 is 0 Å². The summed E-state index contributed by atoms with van der Waals surface area (Å²) < 4.78 is 2.28. The van der Waals surface area contributed by atoms with Crippen LogP contribution in [-0.4, -0.2) is 9.55 Å². The molecule has 0 spiro atoms. The molecule has 120 valence electrons. The number of aromatic nitrogens is 2. The van der Waals surface area contributed by atoms with E-state index < -0.39 is 0 Å². The Hall–Kier alpha value is -2.13. The molecule has 1 aromatic heterocycles. The van der Waals surface area contributed by atoms with Crippen LogP contribution in [0.3, 0.4) is 0 Å². The molecule has 3 heteroatoms. The first-order valence-electron chi connectivity index (χ1n) is 8.36. The third kappa shape index (κ3) is 3.15. The van der Waals surface area contributed by atoms with Crippen molar-refractivity contribution in [3.05, 3.63) is 65.5 Å². The van der Waals surface area contributed by atoms with E-state index in [-0.39, 0.29) is 6.04 Å². The Kier molecular flexibility index (Phi) is 4.49. The minimum atomic E-state index is -0.0443. The molecule has 1 heterocycles. The highest BCUT2D eigenvalue weighted by molar-refractivity contribution is 5.76. The number of para-hydroxylation sites is 2. The molecule has 3 aromatic rings. The highest BCUT2D eigenvalue weighted by atomic mass is 15.1. The number of nitrogens with zero attached hydrogens (tertiary/aromatic N) is 2. The molecule has 0 aliphatic heterocycles. The van der Waals surface area contributed by atoms with Crippen molar-refractivity contribution in [2.24, 2.45) is 11.7 Å². The fourth-order valence-corrected chi connectivity index (χ4v) is 3.02. The molecule has 0 fully saturated rings. The van der Waals surface area contributed by atoms with Gasteiger partial charge in [-0.05, 0) is 30.5 Å². The molecule has 2 N–H and O–H groups in total. The topological polar surface area (TPSA) is 43.8 Å². The number of fused-ring (bicyclic) bond motifs is 1. The predicted octanol–water partition coefficient (Wildman–Crippen LogP) is 4.44. The van der Waals surface area contributed by atoms with Gasteiger partial charge in [-0.2, -0.15) is 0 Å². The van der Waals surface area contributed by atoms with E-state index in [2.05, 4.69) is 67.8 Å². The summed E-state index contributed by atoms with van der Waals surface area (Å²) in [5, 5.41) is 0. The van der Waals surface area contributed by atoms with E-state index in [1.54, 1.807) is 0 Å². The van der Waals surface area contributed by atoms with E-state index in [1.165, 1.54) is 11.1 Å². The van der Waals surface area contributed by atoms with Crippen LogP contribution in [0.25, 0.3) is 11.0 Å². The number of hydrogen-bond acceptors (Lipinski definition) is 2. The first-order valence-corrected chi connectivity index (χ1v) is 8.36. The van der Waals surface area contributed by atoms with E-state index in [0.717, 1.165) is 29.8 Å². The molecule has 0 amide bonds. The first-order chi connectivity index (χ1) is 11.1. The number of imidazole rings is 1. The lowest BCUT2D eigenvalue weighted by Crippen LogP contribution is -2.23. The molecular weight excluding hydrogens is 282 g/mol. The minimum Gasteiger partial charge on any atom is -0.322 e. The van der Waals surface area contributed by atoms with Gasteiger partial charge >= 0.3 is 0 Å². The van der Waals surface area contributed by atoms with Gasteiger partial charge in [0, 0.05) is 6.54 Å². The van der Waals surface area contributed by atoms with Crippen LogP contribution in [-0.2, 0) is 6.54 Å². The van der Waals surface area contributed by atoms with Crippen LogP contribution in [0.15, 0.2) is 48.5 Å². The van der Waals surface area contributed by atoms with Gasteiger partial charge in [-0.1, -0.05) is 62.2 Å². The zero-order chi connectivity index (χ0) is 16.4. The van der Waals surface area contributed by atoms with E-state index in [9.17, 15) is 0 Å². The maximum absolute atomic E-state index is 6.51. The Bertz CT molecular complexity index is 804. The first kappa shape index (κ1) is 15.8. The molecule has 0 saturated heterocycles. The Morgan fingerprint density at radius 2 is 1.91 bits per heavy atom. The monoisotopic (exact) mass is 307 g/mol. The summed E-state index contributed by atoms with van der Waals surface area (Å²) in [4.78, 5) is 4.84. The van der Waals surface area contributed by atoms with Crippen LogP contribution in [0.1, 0.15) is 43.3 Å². The normalized spacial score (nSPS) is 14.1. The zero-order valence-electron chi connectivity index (χ0n) is 14.2. The summed E-state index contributed by atoms with van der Waals surface area (Å²) in [6, 6.07) is 16.9. The maximum Gasteiger partial charge on any atom is 0.127 e. The van der Waals surface area contributed by atoms with Gasteiger partial charge in [0.1, 0.15) is 5.82 Å². The highest BCUT2D eigenvalue weighted by Gasteiger charge is 2.21. The average Bonchev–Trinajstić information content (AvgIpc) is 2.92. The SMILES string of the molecule is CCC(C)[C@H](N)c1nc2ccccc2n1Cc1cccc(C)c1. The van der Waals surface area contributed by atoms with Gasteiger partial charge in [0.05, 0.1) is 17.1 Å². The lowest BCUT2D eigenvalue weighted by molar-refractivity contribution is 0.428. The third-order valence-corrected chi connectivity index (χ3v) is 4.66. The minimum absolute atomic E-state index is 0.0443. The second-order valence-electron chi connectivity index (χ2n) is 6.45. The smallest absolute Gasteiger partial charge is 0.127 e. The maximum atomic E-state index is 6.51. The molecule has 0 bridgehead atoms. The average molecular weight is 307 g/mol. The van der Waals surface area contributed by atoms with Gasteiger partial charge in [-0.3, -0.25) is 0 Å². The van der Waals surface area contributed by atoms with Crippen molar-refractivity contribution in [1.29, 1.82) is 0 Å². The number of hydrogen-bond donors (Lipinski definition) is 1. The molecule has 2 aromatic carbocycles. The van der Waals surface area contributed by atoms with Crippen LogP contribution in [0, 0.1) is 12.8 Å². The van der Waals surface area contributed by atoms with Crippen molar-refractivity contribution in [2.45, 2.75) is 39.8 Å². The molecule has 0 aliphatic carbocycles. The lowest BCUT2D eigenvalue weighted by atomic mass is 9.99. The fourth-order valence-electron chi connectivity index (χ4n) is 3.02. The van der Waals surface area contributed by atoms with Crippen LogP contribution in [0.5, 0.6) is 0 Å². The number of benzene rings is 2. The third-order valence-electron chi connectivity index (χ3n) is 4.66. The van der Waals surface area contributed by atoms with E-state index in [4.69, 9.17) is 10.7 Å². The van der Waals surface area contributed by atoms with Crippen LogP contribution in [0.4, 0.5) is 0 Å². The molecule has 2 atom stereocenters. The molecule has 1 unspecified atom stereocenters. The van der Waals surface area contributed by atoms with Crippen LogP contribution in [0.2, 0.25) is 0 Å². The Morgan fingerprint density at radius 1 is 1.13 bits per heavy atom. The summed E-state index contributed by atoms with van der Waals surface area (Å²) in [6.45, 7) is 7.31. The zero-order valence-corrected chi connectivity index (χ0v) is 14.2. The Balaban J connectivity index is 2.09. The summed E-state index contributed by atoms with van der Waals surface area (Å²) in [7, 11) is 0. The van der Waals surface area contributed by atoms with Gasteiger partial charge in [0.25, 0.3) is 0 Å². The quantitative estimate of drug-likeness (QED) is 0.757. The number of aryl methyl sites for hydroxylation is 1. The summed E-state index contributed by atoms with van der Waals surface area (Å²) in [5.74, 6) is 1.39. The van der Waals surface area contributed by atoms with Crippen molar-refractivity contribution >= 4 is 11.0 Å². The second-order valence-corrected chi connectivity index (χ2v) is 6.45. The van der Waals surface area contributed by atoms with Crippen LogP contribution < -0.4 is 5.73 Å². The van der Waals surface area contributed by atoms with Gasteiger partial charge < -0.3 is 10.3 Å². The molecule has 0 radical (unpaired) electrons. The van der Waals surface area contributed by atoms with Gasteiger partial charge in [-0.15, -0.1) is 0 Å². The fraction of sp³-hybridized carbons (Fsp3) is 0.350. The summed E-state index contributed by atoms with van der Waals surface area (Å²) in [6.07, 6.45) is 1.05. The molecular formula is C20H25N3. The van der Waals surface area contributed by atoms with E-state index in [0.29, 0.717) is 5.92 Å². The molecule has 0 saturated carbocycles. The molecule has 3 rings (SSSR count). The van der Waals surface area contributed by atoms with Crippen molar-refractivity contribution in [3.8, 4) is 0 Å². The number of rotatable bonds is 5. The Morgan fingerprint density at radius 3 is 2.65 bits per heavy atom. The van der Waals surface area contributed by atoms with Gasteiger partial charge in [0.15, 0.2) is 0 Å². The van der Waals surface area contributed by atoms with Crippen molar-refractivity contribution in [1.82, 2.24) is 9.55 Å².